The van der Waals surface area contributed by atoms with Crippen molar-refractivity contribution in [1.29, 1.82) is 0 Å². The summed E-state index contributed by atoms with van der Waals surface area (Å²) in [6.07, 6.45) is 2.55. The van der Waals surface area contributed by atoms with Gasteiger partial charge in [0.05, 0.1) is 18.2 Å². The average molecular weight is 375 g/mol. The van der Waals surface area contributed by atoms with Crippen molar-refractivity contribution < 1.29 is 9.90 Å². The van der Waals surface area contributed by atoms with Crippen LogP contribution in [0.5, 0.6) is 0 Å². The number of H-pyrrole nitrogens is 2. The fourth-order valence-corrected chi connectivity index (χ4v) is 3.27. The minimum absolute atomic E-state index is 0.181. The number of aromatic nitrogens is 2. The van der Waals surface area contributed by atoms with Gasteiger partial charge in [0.2, 0.25) is 5.91 Å². The summed E-state index contributed by atoms with van der Waals surface area (Å²) in [6, 6.07) is 9.53. The number of amides is 1. The van der Waals surface area contributed by atoms with Gasteiger partial charge in [-0.05, 0) is 18.6 Å². The van der Waals surface area contributed by atoms with Crippen LogP contribution in [0, 0.1) is 6.92 Å². The van der Waals surface area contributed by atoms with E-state index in [0.29, 0.717) is 11.4 Å². The number of aliphatic hydroxyl groups excluding tert-OH is 1. The van der Waals surface area contributed by atoms with Crippen molar-refractivity contribution in [3.05, 3.63) is 74.1 Å². The van der Waals surface area contributed by atoms with Gasteiger partial charge in [-0.2, -0.15) is 11.8 Å². The first kappa shape index (κ1) is 19.7. The molecule has 1 atom stereocenters. The van der Waals surface area contributed by atoms with E-state index in [-0.39, 0.29) is 12.2 Å². The van der Waals surface area contributed by atoms with Crippen molar-refractivity contribution in [3.8, 4) is 0 Å². The van der Waals surface area contributed by atoms with Gasteiger partial charge < -0.3 is 15.4 Å². The molecule has 1 heterocycles. The molecule has 0 saturated carbocycles. The molecule has 1 aromatic carbocycles. The Morgan fingerprint density at radius 1 is 1.27 bits per heavy atom. The fourth-order valence-electron chi connectivity index (χ4n) is 2.25. The van der Waals surface area contributed by atoms with Crippen molar-refractivity contribution in [2.75, 3.05) is 12.4 Å². The van der Waals surface area contributed by atoms with E-state index in [1.165, 1.54) is 17.7 Å². The van der Waals surface area contributed by atoms with Crippen LogP contribution in [0.2, 0.25) is 0 Å². The van der Waals surface area contributed by atoms with E-state index >= 15 is 0 Å². The van der Waals surface area contributed by atoms with Crippen LogP contribution in [-0.2, 0) is 10.5 Å². The predicted molar refractivity (Wildman–Crippen MR) is 103 cm³/mol. The number of nitrogens with one attached hydrogen (secondary N) is 3. The van der Waals surface area contributed by atoms with E-state index in [1.807, 2.05) is 30.3 Å². The molecule has 1 amide bonds. The topological polar surface area (TPSA) is 115 Å². The summed E-state index contributed by atoms with van der Waals surface area (Å²) in [7, 11) is 0. The standard InChI is InChI=1S/C18H21N3O4S/c1-12-15(17(24)21-18(25)19-12)7-8-16(23)20-14(9-22)11-26-10-13-5-3-2-4-6-13/h2-8,14,22H,9-11H2,1H3,(H,20,23)(H2,19,21,24,25)/b8-7+. The Labute approximate surface area is 154 Å². The molecule has 138 valence electrons. The molecule has 0 spiro atoms. The molecule has 1 unspecified atom stereocenters. The van der Waals surface area contributed by atoms with Crippen LogP contribution < -0.4 is 16.6 Å². The van der Waals surface area contributed by atoms with E-state index < -0.39 is 23.2 Å². The van der Waals surface area contributed by atoms with E-state index in [4.69, 9.17) is 0 Å². The minimum atomic E-state index is -0.593. The maximum Gasteiger partial charge on any atom is 0.325 e. The van der Waals surface area contributed by atoms with Crippen molar-refractivity contribution >= 4 is 23.7 Å². The highest BCUT2D eigenvalue weighted by Gasteiger charge is 2.10. The summed E-state index contributed by atoms with van der Waals surface area (Å²) in [5.41, 5.74) is 0.601. The average Bonchev–Trinajstić information content (AvgIpc) is 2.60. The Bertz CT molecular complexity index is 874. The highest BCUT2D eigenvalue weighted by atomic mass is 32.2. The molecule has 8 heteroatoms. The molecule has 0 bridgehead atoms. The molecule has 4 N–H and O–H groups in total. The number of aryl methyl sites for hydroxylation is 1. The van der Waals surface area contributed by atoms with Crippen LogP contribution in [0.1, 0.15) is 16.8 Å². The SMILES string of the molecule is Cc1[nH]c(=O)[nH]c(=O)c1/C=C/C(=O)NC(CO)CSCc1ccccc1. The second-order valence-corrected chi connectivity index (χ2v) is 6.70. The van der Waals surface area contributed by atoms with Crippen molar-refractivity contribution in [2.24, 2.45) is 0 Å². The van der Waals surface area contributed by atoms with Gasteiger partial charge >= 0.3 is 5.69 Å². The number of carbonyl (C=O) groups excluding carboxylic acids is 1. The van der Waals surface area contributed by atoms with E-state index in [2.05, 4.69) is 15.3 Å². The summed E-state index contributed by atoms with van der Waals surface area (Å²) in [5, 5.41) is 12.1. The van der Waals surface area contributed by atoms with Crippen LogP contribution in [0.25, 0.3) is 6.08 Å². The Kier molecular flexibility index (Phi) is 7.43. The number of aromatic amines is 2. The molecule has 0 radical (unpaired) electrons. The zero-order chi connectivity index (χ0) is 18.9. The number of rotatable bonds is 8. The molecule has 7 nitrogen and oxygen atoms in total. The first-order valence-electron chi connectivity index (χ1n) is 8.04. The van der Waals surface area contributed by atoms with Crippen molar-refractivity contribution in [1.82, 2.24) is 15.3 Å². The summed E-state index contributed by atoms with van der Waals surface area (Å²) < 4.78 is 0. The third kappa shape index (κ3) is 6.05. The Balaban J connectivity index is 1.88. The lowest BCUT2D eigenvalue weighted by Gasteiger charge is -2.14. The Morgan fingerprint density at radius 3 is 2.65 bits per heavy atom. The number of thioether (sulfide) groups is 1. The number of benzene rings is 1. The highest BCUT2D eigenvalue weighted by Crippen LogP contribution is 2.12. The van der Waals surface area contributed by atoms with Gasteiger partial charge in [0.25, 0.3) is 5.56 Å². The monoisotopic (exact) mass is 375 g/mol. The lowest BCUT2D eigenvalue weighted by molar-refractivity contribution is -0.117. The zero-order valence-corrected chi connectivity index (χ0v) is 15.1. The van der Waals surface area contributed by atoms with Crippen LogP contribution in [0.3, 0.4) is 0 Å². The van der Waals surface area contributed by atoms with Gasteiger partial charge in [0.15, 0.2) is 0 Å². The molecule has 0 aliphatic rings. The molecular weight excluding hydrogens is 354 g/mol. The molecule has 2 rings (SSSR count). The minimum Gasteiger partial charge on any atom is -0.394 e. The van der Waals surface area contributed by atoms with Gasteiger partial charge in [-0.1, -0.05) is 30.3 Å². The van der Waals surface area contributed by atoms with E-state index in [9.17, 15) is 19.5 Å². The van der Waals surface area contributed by atoms with E-state index in [0.717, 1.165) is 5.75 Å². The normalized spacial score (nSPS) is 12.2. The molecule has 1 aromatic heterocycles. The molecule has 0 aliphatic carbocycles. The van der Waals surface area contributed by atoms with Gasteiger partial charge in [0, 0.05) is 23.3 Å². The largest absolute Gasteiger partial charge is 0.394 e. The number of hydrogen-bond donors (Lipinski definition) is 4. The quantitative estimate of drug-likeness (QED) is 0.510. The van der Waals surface area contributed by atoms with Crippen LogP contribution in [-0.4, -0.2) is 39.4 Å². The van der Waals surface area contributed by atoms with Crippen molar-refractivity contribution in [3.63, 3.8) is 0 Å². The number of aliphatic hydroxyl groups is 1. The van der Waals surface area contributed by atoms with Gasteiger partial charge in [0.1, 0.15) is 0 Å². The predicted octanol–water partition coefficient (Wildman–Crippen LogP) is 0.795. The molecule has 0 fully saturated rings. The second kappa shape index (κ2) is 9.79. The summed E-state index contributed by atoms with van der Waals surface area (Å²) in [6.45, 7) is 1.39. The summed E-state index contributed by atoms with van der Waals surface area (Å²) in [5.74, 6) is 0.924. The fraction of sp³-hybridized carbons (Fsp3) is 0.278. The number of hydrogen-bond acceptors (Lipinski definition) is 5. The lowest BCUT2D eigenvalue weighted by Crippen LogP contribution is -2.38. The van der Waals surface area contributed by atoms with Crippen LogP contribution in [0.15, 0.2) is 46.0 Å². The van der Waals surface area contributed by atoms with Crippen molar-refractivity contribution in [2.45, 2.75) is 18.7 Å². The number of carbonyl (C=O) groups is 1. The Morgan fingerprint density at radius 2 is 2.00 bits per heavy atom. The maximum absolute atomic E-state index is 12.0. The summed E-state index contributed by atoms with van der Waals surface area (Å²) in [4.78, 5) is 39.4. The van der Waals surface area contributed by atoms with Crippen LogP contribution in [0.4, 0.5) is 0 Å². The summed E-state index contributed by atoms with van der Waals surface area (Å²) >= 11 is 1.61. The molecular formula is C18H21N3O4S. The first-order chi connectivity index (χ1) is 12.5. The molecule has 0 saturated heterocycles. The molecule has 0 aliphatic heterocycles. The smallest absolute Gasteiger partial charge is 0.325 e. The van der Waals surface area contributed by atoms with E-state index in [1.54, 1.807) is 18.7 Å². The van der Waals surface area contributed by atoms with Crippen LogP contribution >= 0.6 is 11.8 Å². The second-order valence-electron chi connectivity index (χ2n) is 5.67. The molecule has 2 aromatic rings. The maximum atomic E-state index is 12.0. The third-order valence-electron chi connectivity index (χ3n) is 3.58. The molecule has 26 heavy (non-hydrogen) atoms. The third-order valence-corrected chi connectivity index (χ3v) is 4.75. The zero-order valence-electron chi connectivity index (χ0n) is 14.3. The highest BCUT2D eigenvalue weighted by molar-refractivity contribution is 7.98. The van der Waals surface area contributed by atoms with Gasteiger partial charge in [-0.3, -0.25) is 14.6 Å². The first-order valence-corrected chi connectivity index (χ1v) is 9.19. The lowest BCUT2D eigenvalue weighted by atomic mass is 10.2. The van der Waals surface area contributed by atoms with Gasteiger partial charge in [-0.15, -0.1) is 0 Å². The van der Waals surface area contributed by atoms with Gasteiger partial charge in [-0.25, -0.2) is 4.79 Å². The Hall–Kier alpha value is -2.58.